The summed E-state index contributed by atoms with van der Waals surface area (Å²) in [6.07, 6.45) is 1.30. The number of hydrogen-bond acceptors (Lipinski definition) is 2. The number of rotatable bonds is 2. The maximum atomic E-state index is 10.7. The number of aliphatic hydroxyl groups is 1. The Bertz CT molecular complexity index is 523. The molecule has 0 fully saturated rings. The van der Waals surface area contributed by atoms with Gasteiger partial charge in [-0.3, -0.25) is 0 Å². The second kappa shape index (κ2) is 7.30. The lowest BCUT2D eigenvalue weighted by Gasteiger charge is -2.25. The number of benzene rings is 1. The van der Waals surface area contributed by atoms with Gasteiger partial charge in [0.2, 0.25) is 5.76 Å². The van der Waals surface area contributed by atoms with Crippen molar-refractivity contribution in [3.63, 3.8) is 0 Å². The van der Waals surface area contributed by atoms with E-state index in [0.717, 1.165) is 11.1 Å². The van der Waals surface area contributed by atoms with E-state index in [9.17, 15) is 9.90 Å². The molecule has 0 aliphatic heterocycles. The topological polar surface area (TPSA) is 57.5 Å². The Labute approximate surface area is 134 Å². The first-order valence-corrected chi connectivity index (χ1v) is 7.21. The van der Waals surface area contributed by atoms with Gasteiger partial charge in [0.1, 0.15) is 0 Å². The SMILES string of the molecule is C=C.CC(C)(C)c1cc(C=C(O)C(=O)O)cc(C(C)(C)C)c1. The Hall–Kier alpha value is -2.03. The minimum atomic E-state index is -1.32. The first-order chi connectivity index (χ1) is 9.91. The summed E-state index contributed by atoms with van der Waals surface area (Å²) >= 11 is 0. The zero-order valence-corrected chi connectivity index (χ0v) is 14.5. The molecule has 1 aromatic rings. The van der Waals surface area contributed by atoms with E-state index in [2.05, 4.69) is 60.8 Å². The minimum Gasteiger partial charge on any atom is -0.502 e. The number of carboxylic acid groups (broad SMARTS) is 1. The Morgan fingerprint density at radius 3 is 1.55 bits per heavy atom. The molecule has 0 atom stereocenters. The molecule has 0 unspecified atom stereocenters. The van der Waals surface area contributed by atoms with Crippen molar-refractivity contribution in [2.24, 2.45) is 0 Å². The molecule has 0 amide bonds. The monoisotopic (exact) mass is 304 g/mol. The van der Waals surface area contributed by atoms with Crippen molar-refractivity contribution in [3.05, 3.63) is 53.8 Å². The lowest BCUT2D eigenvalue weighted by Crippen LogP contribution is -2.16. The van der Waals surface area contributed by atoms with Crippen molar-refractivity contribution < 1.29 is 15.0 Å². The molecular formula is C19H28O3. The summed E-state index contributed by atoms with van der Waals surface area (Å²) in [5, 5.41) is 18.2. The Morgan fingerprint density at radius 2 is 1.27 bits per heavy atom. The van der Waals surface area contributed by atoms with E-state index in [1.165, 1.54) is 6.08 Å². The molecule has 0 heterocycles. The van der Waals surface area contributed by atoms with E-state index in [-0.39, 0.29) is 10.8 Å². The van der Waals surface area contributed by atoms with Crippen molar-refractivity contribution in [1.82, 2.24) is 0 Å². The van der Waals surface area contributed by atoms with Gasteiger partial charge in [-0.2, -0.15) is 0 Å². The van der Waals surface area contributed by atoms with Crippen molar-refractivity contribution in [1.29, 1.82) is 0 Å². The highest BCUT2D eigenvalue weighted by Crippen LogP contribution is 2.30. The molecule has 0 radical (unpaired) electrons. The number of aliphatic hydroxyl groups excluding tert-OH is 1. The predicted octanol–water partition coefficient (Wildman–Crippen LogP) is 5.07. The molecular weight excluding hydrogens is 276 g/mol. The fourth-order valence-corrected chi connectivity index (χ4v) is 1.82. The second-order valence-electron chi connectivity index (χ2n) is 7.18. The smallest absolute Gasteiger partial charge is 0.370 e. The van der Waals surface area contributed by atoms with Crippen LogP contribution in [0, 0.1) is 0 Å². The van der Waals surface area contributed by atoms with Crippen LogP contribution in [0.5, 0.6) is 0 Å². The summed E-state index contributed by atoms with van der Waals surface area (Å²) in [6.45, 7) is 18.7. The molecule has 0 aliphatic carbocycles. The maximum Gasteiger partial charge on any atom is 0.370 e. The summed E-state index contributed by atoms with van der Waals surface area (Å²) in [7, 11) is 0. The number of carbonyl (C=O) groups is 1. The van der Waals surface area contributed by atoms with Crippen LogP contribution in [-0.4, -0.2) is 16.2 Å². The van der Waals surface area contributed by atoms with Gasteiger partial charge in [-0.05, 0) is 33.6 Å². The van der Waals surface area contributed by atoms with Crippen molar-refractivity contribution in [3.8, 4) is 0 Å². The van der Waals surface area contributed by atoms with Crippen LogP contribution in [-0.2, 0) is 15.6 Å². The third kappa shape index (κ3) is 5.76. The van der Waals surface area contributed by atoms with Crippen LogP contribution in [0.2, 0.25) is 0 Å². The molecule has 3 heteroatoms. The largest absolute Gasteiger partial charge is 0.502 e. The molecule has 122 valence electrons. The van der Waals surface area contributed by atoms with Gasteiger partial charge in [-0.25, -0.2) is 4.79 Å². The highest BCUT2D eigenvalue weighted by atomic mass is 16.4. The second-order valence-corrected chi connectivity index (χ2v) is 7.18. The zero-order valence-electron chi connectivity index (χ0n) is 14.5. The molecule has 0 saturated carbocycles. The Balaban J connectivity index is 0.00000211. The van der Waals surface area contributed by atoms with Gasteiger partial charge >= 0.3 is 5.97 Å². The molecule has 0 saturated heterocycles. The number of carboxylic acids is 1. The van der Waals surface area contributed by atoms with Gasteiger partial charge in [0.05, 0.1) is 0 Å². The number of hydrogen-bond donors (Lipinski definition) is 2. The van der Waals surface area contributed by atoms with Crippen LogP contribution >= 0.6 is 0 Å². The standard InChI is InChI=1S/C17H24O3.C2H4/c1-16(2,3)12-7-11(9-14(18)15(19)20)8-13(10-12)17(4,5)6;1-2/h7-10,18H,1-6H3,(H,19,20);1-2H2. The lowest BCUT2D eigenvalue weighted by molar-refractivity contribution is -0.135. The maximum absolute atomic E-state index is 10.7. The molecule has 0 aromatic heterocycles. The van der Waals surface area contributed by atoms with Gasteiger partial charge in [0.25, 0.3) is 0 Å². The summed E-state index contributed by atoms with van der Waals surface area (Å²) < 4.78 is 0. The predicted molar refractivity (Wildman–Crippen MR) is 93.3 cm³/mol. The van der Waals surface area contributed by atoms with Crippen molar-refractivity contribution in [2.75, 3.05) is 0 Å². The van der Waals surface area contributed by atoms with E-state index in [0.29, 0.717) is 5.56 Å². The van der Waals surface area contributed by atoms with Crippen LogP contribution in [0.3, 0.4) is 0 Å². The highest BCUT2D eigenvalue weighted by Gasteiger charge is 2.20. The summed E-state index contributed by atoms with van der Waals surface area (Å²) in [5.74, 6) is -1.96. The van der Waals surface area contributed by atoms with Gasteiger partial charge in [0.15, 0.2) is 0 Å². The number of aliphatic carboxylic acids is 1. The van der Waals surface area contributed by atoms with Crippen LogP contribution in [0.15, 0.2) is 37.1 Å². The summed E-state index contributed by atoms with van der Waals surface area (Å²) in [5.41, 5.74) is 2.87. The van der Waals surface area contributed by atoms with Crippen molar-refractivity contribution in [2.45, 2.75) is 52.4 Å². The van der Waals surface area contributed by atoms with Crippen LogP contribution in [0.25, 0.3) is 6.08 Å². The van der Waals surface area contributed by atoms with Crippen LogP contribution in [0.4, 0.5) is 0 Å². The van der Waals surface area contributed by atoms with E-state index < -0.39 is 11.7 Å². The molecule has 0 spiro atoms. The van der Waals surface area contributed by atoms with E-state index in [1.54, 1.807) is 0 Å². The van der Waals surface area contributed by atoms with Gasteiger partial charge in [0, 0.05) is 0 Å². The van der Waals surface area contributed by atoms with E-state index in [1.807, 2.05) is 12.1 Å². The Morgan fingerprint density at radius 1 is 0.909 bits per heavy atom. The average Bonchev–Trinajstić information content (AvgIpc) is 2.38. The quantitative estimate of drug-likeness (QED) is 0.456. The molecule has 0 bridgehead atoms. The first kappa shape index (κ1) is 20.0. The zero-order chi connectivity index (χ0) is 17.7. The summed E-state index contributed by atoms with van der Waals surface area (Å²) in [4.78, 5) is 10.7. The van der Waals surface area contributed by atoms with Gasteiger partial charge < -0.3 is 10.2 Å². The fourth-order valence-electron chi connectivity index (χ4n) is 1.82. The highest BCUT2D eigenvalue weighted by molar-refractivity contribution is 5.89. The molecule has 0 aliphatic rings. The van der Waals surface area contributed by atoms with E-state index in [4.69, 9.17) is 5.11 Å². The molecule has 3 nitrogen and oxygen atoms in total. The molecule has 2 N–H and O–H groups in total. The third-order valence-electron chi connectivity index (χ3n) is 3.21. The average molecular weight is 304 g/mol. The van der Waals surface area contributed by atoms with Crippen molar-refractivity contribution >= 4 is 12.0 Å². The lowest BCUT2D eigenvalue weighted by atomic mass is 9.79. The van der Waals surface area contributed by atoms with Crippen LogP contribution in [0.1, 0.15) is 58.2 Å². The fraction of sp³-hybridized carbons (Fsp3) is 0.421. The molecule has 1 rings (SSSR count). The normalized spacial score (nSPS) is 12.4. The minimum absolute atomic E-state index is 0.0390. The molecule has 1 aromatic carbocycles. The van der Waals surface area contributed by atoms with Gasteiger partial charge in [-0.1, -0.05) is 59.7 Å². The third-order valence-corrected chi connectivity index (χ3v) is 3.21. The Kier molecular flexibility index (Phi) is 6.63. The van der Waals surface area contributed by atoms with Gasteiger partial charge in [-0.15, -0.1) is 13.2 Å². The summed E-state index contributed by atoms with van der Waals surface area (Å²) in [6, 6.07) is 6.00. The first-order valence-electron chi connectivity index (χ1n) is 7.21. The molecule has 22 heavy (non-hydrogen) atoms. The van der Waals surface area contributed by atoms with E-state index >= 15 is 0 Å². The van der Waals surface area contributed by atoms with Crippen LogP contribution < -0.4 is 0 Å².